The highest BCUT2D eigenvalue weighted by Gasteiger charge is 2.23. The fourth-order valence-corrected chi connectivity index (χ4v) is 3.70. The van der Waals surface area contributed by atoms with E-state index in [1.165, 1.54) is 4.90 Å². The second-order valence-electron chi connectivity index (χ2n) is 6.73. The number of imidazole rings is 1. The van der Waals surface area contributed by atoms with Crippen LogP contribution >= 0.6 is 11.6 Å². The zero-order valence-corrected chi connectivity index (χ0v) is 15.3. The van der Waals surface area contributed by atoms with E-state index in [1.54, 1.807) is 32.4 Å². The third kappa shape index (κ3) is 2.68. The summed E-state index contributed by atoms with van der Waals surface area (Å²) >= 11 is 6.39. The van der Waals surface area contributed by atoms with Gasteiger partial charge in [0.05, 0.1) is 27.8 Å². The molecule has 1 N–H and O–H groups in total. The Morgan fingerprint density at radius 2 is 2.04 bits per heavy atom. The molecule has 7 nitrogen and oxygen atoms in total. The Labute approximate surface area is 154 Å². The summed E-state index contributed by atoms with van der Waals surface area (Å²) in [6.45, 7) is 1.37. The number of nitrogens with one attached hydrogen (secondary N) is 1. The summed E-state index contributed by atoms with van der Waals surface area (Å²) in [7, 11) is 3.32. The number of ether oxygens (including phenoxy) is 1. The van der Waals surface area contributed by atoms with E-state index in [9.17, 15) is 9.59 Å². The third-order valence-electron chi connectivity index (χ3n) is 4.82. The number of benzene rings is 1. The molecule has 1 fully saturated rings. The van der Waals surface area contributed by atoms with Gasteiger partial charge in [-0.2, -0.15) is 0 Å². The van der Waals surface area contributed by atoms with Crippen molar-refractivity contribution in [2.24, 2.45) is 0 Å². The summed E-state index contributed by atoms with van der Waals surface area (Å²) in [6.07, 6.45) is 3.31. The monoisotopic (exact) mass is 374 g/mol. The van der Waals surface area contributed by atoms with Gasteiger partial charge < -0.3 is 14.6 Å². The van der Waals surface area contributed by atoms with Crippen molar-refractivity contribution < 1.29 is 9.53 Å². The van der Waals surface area contributed by atoms with Gasteiger partial charge in [-0.05, 0) is 25.0 Å². The van der Waals surface area contributed by atoms with Gasteiger partial charge in [-0.25, -0.2) is 4.98 Å². The fourth-order valence-electron chi connectivity index (χ4n) is 3.46. The van der Waals surface area contributed by atoms with Crippen molar-refractivity contribution >= 4 is 34.1 Å². The maximum atomic E-state index is 12.5. The van der Waals surface area contributed by atoms with Gasteiger partial charge in [0.2, 0.25) is 0 Å². The first-order valence-electron chi connectivity index (χ1n) is 8.49. The summed E-state index contributed by atoms with van der Waals surface area (Å²) in [6, 6.07) is 3.36. The highest BCUT2D eigenvalue weighted by atomic mass is 35.5. The van der Waals surface area contributed by atoms with E-state index in [1.807, 2.05) is 4.40 Å². The van der Waals surface area contributed by atoms with Crippen LogP contribution in [0.4, 0.5) is 0 Å². The molecule has 1 aliphatic heterocycles. The van der Waals surface area contributed by atoms with E-state index in [0.29, 0.717) is 34.8 Å². The van der Waals surface area contributed by atoms with Gasteiger partial charge in [-0.3, -0.25) is 14.0 Å². The summed E-state index contributed by atoms with van der Waals surface area (Å²) in [5, 5.41) is 0.344. The first-order chi connectivity index (χ1) is 12.5. The van der Waals surface area contributed by atoms with Gasteiger partial charge in [-0.1, -0.05) is 11.6 Å². The number of aromatic nitrogens is 3. The smallest absolute Gasteiger partial charge is 0.274 e. The van der Waals surface area contributed by atoms with Crippen LogP contribution in [0.25, 0.3) is 16.6 Å². The van der Waals surface area contributed by atoms with Crippen molar-refractivity contribution in [2.75, 3.05) is 27.3 Å². The number of rotatable bonds is 2. The molecule has 1 amide bonds. The number of hydrogen-bond acceptors (Lipinski definition) is 4. The van der Waals surface area contributed by atoms with E-state index in [4.69, 9.17) is 16.3 Å². The molecule has 0 spiro atoms. The Morgan fingerprint density at radius 1 is 1.31 bits per heavy atom. The Balaban J connectivity index is 1.99. The summed E-state index contributed by atoms with van der Waals surface area (Å²) in [5.74, 6) is 0.841. The minimum absolute atomic E-state index is 0.215. The summed E-state index contributed by atoms with van der Waals surface area (Å²) < 4.78 is 7.30. The second kappa shape index (κ2) is 6.41. The Hall–Kier alpha value is -2.38. The Morgan fingerprint density at radius 3 is 2.73 bits per heavy atom. The maximum Gasteiger partial charge on any atom is 0.274 e. The number of carbonyl (C=O) groups is 1. The van der Waals surface area contributed by atoms with Crippen LogP contribution in [0.1, 0.15) is 34.9 Å². The van der Waals surface area contributed by atoms with Crippen molar-refractivity contribution in [1.29, 1.82) is 0 Å². The number of H-pyrrole nitrogens is 1. The molecule has 0 radical (unpaired) electrons. The number of nitrogens with zero attached hydrogens (tertiary/aromatic N) is 3. The summed E-state index contributed by atoms with van der Waals surface area (Å²) in [5.41, 5.74) is 1.88. The lowest BCUT2D eigenvalue weighted by atomic mass is 9.99. The van der Waals surface area contributed by atoms with Crippen LogP contribution in [0, 0.1) is 0 Å². The highest BCUT2D eigenvalue weighted by molar-refractivity contribution is 6.34. The molecule has 1 saturated heterocycles. The van der Waals surface area contributed by atoms with E-state index >= 15 is 0 Å². The van der Waals surface area contributed by atoms with Gasteiger partial charge in [0.25, 0.3) is 11.5 Å². The van der Waals surface area contributed by atoms with Crippen LogP contribution in [0.15, 0.2) is 23.1 Å². The molecular formula is C18H19ClN4O3. The zero-order chi connectivity index (χ0) is 18.4. The van der Waals surface area contributed by atoms with E-state index in [0.717, 1.165) is 24.2 Å². The lowest BCUT2D eigenvalue weighted by Gasteiger charge is -2.21. The average Bonchev–Trinajstić information content (AvgIpc) is 3.08. The van der Waals surface area contributed by atoms with Crippen molar-refractivity contribution in [3.63, 3.8) is 0 Å². The van der Waals surface area contributed by atoms with Crippen molar-refractivity contribution in [3.8, 4) is 0 Å². The fraction of sp³-hybridized carbons (Fsp3) is 0.389. The van der Waals surface area contributed by atoms with Crippen LogP contribution in [-0.4, -0.2) is 52.5 Å². The average molecular weight is 375 g/mol. The molecule has 26 heavy (non-hydrogen) atoms. The van der Waals surface area contributed by atoms with Crippen molar-refractivity contribution in [1.82, 2.24) is 19.3 Å². The molecule has 3 aromatic rings. The molecule has 3 heterocycles. The molecule has 4 rings (SSSR count). The van der Waals surface area contributed by atoms with Gasteiger partial charge >= 0.3 is 0 Å². The number of aromatic amines is 1. The first-order valence-corrected chi connectivity index (χ1v) is 8.87. The molecule has 0 unspecified atom stereocenters. The van der Waals surface area contributed by atoms with Crippen molar-refractivity contribution in [3.05, 3.63) is 45.1 Å². The normalized spacial score (nSPS) is 15.7. The van der Waals surface area contributed by atoms with Gasteiger partial charge in [0.1, 0.15) is 11.3 Å². The molecule has 0 bridgehead atoms. The molecule has 136 valence electrons. The lowest BCUT2D eigenvalue weighted by molar-refractivity contribution is 0.0827. The lowest BCUT2D eigenvalue weighted by Crippen LogP contribution is -2.22. The molecule has 2 aromatic heterocycles. The first kappa shape index (κ1) is 17.1. The molecule has 0 atom stereocenters. The molecule has 1 aliphatic rings. The third-order valence-corrected chi connectivity index (χ3v) is 5.13. The van der Waals surface area contributed by atoms with Crippen LogP contribution in [0.2, 0.25) is 5.02 Å². The predicted molar refractivity (Wildman–Crippen MR) is 99.1 cm³/mol. The molecular weight excluding hydrogens is 356 g/mol. The van der Waals surface area contributed by atoms with Gasteiger partial charge in [-0.15, -0.1) is 0 Å². The van der Waals surface area contributed by atoms with Crippen LogP contribution in [0.3, 0.4) is 0 Å². The molecule has 0 aliphatic carbocycles. The number of amides is 1. The Bertz CT molecular complexity index is 1060. The van der Waals surface area contributed by atoms with E-state index in [-0.39, 0.29) is 17.4 Å². The van der Waals surface area contributed by atoms with Crippen LogP contribution in [0.5, 0.6) is 0 Å². The largest absolute Gasteiger partial charge is 0.381 e. The Kier molecular flexibility index (Phi) is 4.20. The number of halogens is 1. The topological polar surface area (TPSA) is 79.7 Å². The van der Waals surface area contributed by atoms with Crippen LogP contribution in [-0.2, 0) is 4.74 Å². The number of fused-ring (bicyclic) bond motifs is 3. The van der Waals surface area contributed by atoms with E-state index < -0.39 is 0 Å². The minimum atomic E-state index is -0.242. The summed E-state index contributed by atoms with van der Waals surface area (Å²) in [4.78, 5) is 33.7. The number of hydrogen-bond donors (Lipinski definition) is 1. The molecule has 1 aromatic carbocycles. The highest BCUT2D eigenvalue weighted by Crippen LogP contribution is 2.30. The van der Waals surface area contributed by atoms with E-state index in [2.05, 4.69) is 9.97 Å². The quantitative estimate of drug-likeness (QED) is 0.747. The second-order valence-corrected chi connectivity index (χ2v) is 7.13. The van der Waals surface area contributed by atoms with Crippen molar-refractivity contribution in [2.45, 2.75) is 18.8 Å². The SMILES string of the molecule is CN(C)C(=O)c1cc2[nH]c(=O)c3cnc(C4CCOCC4)n3c2cc1Cl. The minimum Gasteiger partial charge on any atom is -0.381 e. The number of carbonyl (C=O) groups excluding carboxylic acids is 1. The molecule has 8 heteroatoms. The van der Waals surface area contributed by atoms with Gasteiger partial charge in [0, 0.05) is 33.2 Å². The standard InChI is InChI=1S/C18H19ClN4O3/c1-22(2)18(25)11-7-13-14(8-12(11)19)23-15(17(24)21-13)9-20-16(23)10-3-5-26-6-4-10/h7-10H,3-6H2,1-2H3,(H,21,24). The maximum absolute atomic E-state index is 12.5. The van der Waals surface area contributed by atoms with Gasteiger partial charge in [0.15, 0.2) is 0 Å². The molecule has 0 saturated carbocycles. The predicted octanol–water partition coefficient (Wildman–Crippen LogP) is 2.43. The zero-order valence-electron chi connectivity index (χ0n) is 14.6. The van der Waals surface area contributed by atoms with Crippen LogP contribution < -0.4 is 5.56 Å².